The van der Waals surface area contributed by atoms with Crippen LogP contribution in [-0.2, 0) is 16.1 Å². The maximum atomic E-state index is 11.9. The number of aromatic nitrogens is 2. The molecule has 6 heteroatoms. The minimum atomic E-state index is -0.395. The van der Waals surface area contributed by atoms with Gasteiger partial charge in [0.25, 0.3) is 0 Å². The lowest BCUT2D eigenvalue weighted by Gasteiger charge is -2.17. The summed E-state index contributed by atoms with van der Waals surface area (Å²) in [6, 6.07) is 7.99. The highest BCUT2D eigenvalue weighted by Crippen LogP contribution is 2.15. The first kappa shape index (κ1) is 19.0. The Morgan fingerprint density at radius 2 is 1.84 bits per heavy atom. The first-order valence-electron chi connectivity index (χ1n) is 8.76. The molecule has 0 aliphatic carbocycles. The van der Waals surface area contributed by atoms with Crippen molar-refractivity contribution in [3.8, 4) is 0 Å². The third kappa shape index (κ3) is 5.31. The fraction of sp³-hybridized carbons (Fsp3) is 0.526. The van der Waals surface area contributed by atoms with Crippen LogP contribution < -0.4 is 10.6 Å². The number of nitrogens with zero attached hydrogens (tertiary/aromatic N) is 2. The maximum absolute atomic E-state index is 11.9. The molecule has 25 heavy (non-hydrogen) atoms. The topological polar surface area (TPSA) is 76.0 Å². The van der Waals surface area contributed by atoms with Gasteiger partial charge in [-0.2, -0.15) is 0 Å². The molecule has 0 saturated heterocycles. The lowest BCUT2D eigenvalue weighted by atomic mass is 9.96. The zero-order chi connectivity index (χ0) is 18.4. The monoisotopic (exact) mass is 344 g/mol. The zero-order valence-electron chi connectivity index (χ0n) is 15.6. The number of hydrogen-bond donors (Lipinski definition) is 2. The van der Waals surface area contributed by atoms with E-state index in [9.17, 15) is 9.59 Å². The van der Waals surface area contributed by atoms with E-state index in [0.29, 0.717) is 32.5 Å². The van der Waals surface area contributed by atoms with E-state index in [2.05, 4.69) is 20.2 Å². The highest BCUT2D eigenvalue weighted by atomic mass is 16.2. The largest absolute Gasteiger partial charge is 0.356 e. The van der Waals surface area contributed by atoms with Gasteiger partial charge in [-0.1, -0.05) is 32.9 Å². The van der Waals surface area contributed by atoms with Crippen molar-refractivity contribution in [2.45, 2.75) is 47.1 Å². The van der Waals surface area contributed by atoms with Crippen molar-refractivity contribution in [2.75, 3.05) is 13.1 Å². The molecule has 0 fully saturated rings. The van der Waals surface area contributed by atoms with Crippen molar-refractivity contribution < 1.29 is 9.59 Å². The second kappa shape index (κ2) is 8.14. The third-order valence-electron chi connectivity index (χ3n) is 4.05. The van der Waals surface area contributed by atoms with E-state index < -0.39 is 5.41 Å². The van der Waals surface area contributed by atoms with Gasteiger partial charge in [-0.05, 0) is 25.5 Å². The van der Waals surface area contributed by atoms with Crippen LogP contribution in [0.2, 0.25) is 0 Å². The van der Waals surface area contributed by atoms with Crippen molar-refractivity contribution in [3.63, 3.8) is 0 Å². The van der Waals surface area contributed by atoms with Crippen LogP contribution in [0.1, 0.15) is 39.4 Å². The van der Waals surface area contributed by atoms with Crippen molar-refractivity contribution in [2.24, 2.45) is 5.41 Å². The fourth-order valence-electron chi connectivity index (χ4n) is 2.59. The molecule has 2 rings (SSSR count). The number of hydrogen-bond acceptors (Lipinski definition) is 3. The molecular weight excluding hydrogens is 316 g/mol. The number of fused-ring (bicyclic) bond motifs is 1. The number of para-hydroxylation sites is 2. The van der Waals surface area contributed by atoms with Crippen molar-refractivity contribution >= 4 is 22.8 Å². The number of carbonyl (C=O) groups is 2. The summed E-state index contributed by atoms with van der Waals surface area (Å²) in [6.07, 6.45) is 1.05. The maximum Gasteiger partial charge on any atom is 0.225 e. The lowest BCUT2D eigenvalue weighted by molar-refractivity contribution is -0.128. The minimum Gasteiger partial charge on any atom is -0.356 e. The van der Waals surface area contributed by atoms with Crippen molar-refractivity contribution in [3.05, 3.63) is 30.1 Å². The number of rotatable bonds is 7. The first-order valence-corrected chi connectivity index (χ1v) is 8.76. The average molecular weight is 344 g/mol. The summed E-state index contributed by atoms with van der Waals surface area (Å²) in [6.45, 7) is 9.37. The molecular formula is C19H28N4O2. The van der Waals surface area contributed by atoms with Crippen LogP contribution in [-0.4, -0.2) is 34.5 Å². The zero-order valence-corrected chi connectivity index (χ0v) is 15.6. The van der Waals surface area contributed by atoms with E-state index in [1.54, 1.807) is 0 Å². The van der Waals surface area contributed by atoms with Gasteiger partial charge in [0, 0.05) is 31.5 Å². The number of benzene rings is 1. The average Bonchev–Trinajstić information content (AvgIpc) is 2.86. The third-order valence-corrected chi connectivity index (χ3v) is 4.05. The minimum absolute atomic E-state index is 0.00656. The predicted octanol–water partition coefficient (Wildman–Crippen LogP) is 2.40. The molecule has 2 amide bonds. The Balaban J connectivity index is 1.70. The molecule has 0 spiro atoms. The van der Waals surface area contributed by atoms with Gasteiger partial charge in [0.1, 0.15) is 5.82 Å². The number of imidazole rings is 1. The number of amides is 2. The Labute approximate surface area is 149 Å². The molecule has 1 aromatic heterocycles. The van der Waals surface area contributed by atoms with Crippen molar-refractivity contribution in [1.82, 2.24) is 20.2 Å². The van der Waals surface area contributed by atoms with Crippen molar-refractivity contribution in [1.29, 1.82) is 0 Å². The molecule has 1 heterocycles. The lowest BCUT2D eigenvalue weighted by Crippen LogP contribution is -2.36. The van der Waals surface area contributed by atoms with Crippen LogP contribution in [0.25, 0.3) is 11.0 Å². The second-order valence-corrected chi connectivity index (χ2v) is 7.26. The summed E-state index contributed by atoms with van der Waals surface area (Å²) in [5, 5.41) is 5.78. The van der Waals surface area contributed by atoms with Crippen LogP contribution in [0.4, 0.5) is 0 Å². The number of aryl methyl sites for hydroxylation is 1. The quantitative estimate of drug-likeness (QED) is 0.757. The van der Waals surface area contributed by atoms with E-state index in [-0.39, 0.29) is 11.8 Å². The molecule has 136 valence electrons. The second-order valence-electron chi connectivity index (χ2n) is 7.26. The molecule has 0 unspecified atom stereocenters. The van der Waals surface area contributed by atoms with Gasteiger partial charge in [0.15, 0.2) is 0 Å². The Hall–Kier alpha value is -2.37. The van der Waals surface area contributed by atoms with Gasteiger partial charge in [0.2, 0.25) is 11.8 Å². The van der Waals surface area contributed by atoms with Gasteiger partial charge in [-0.25, -0.2) is 4.98 Å². The van der Waals surface area contributed by atoms with Gasteiger partial charge in [0.05, 0.1) is 11.0 Å². The highest BCUT2D eigenvalue weighted by molar-refractivity contribution is 5.81. The first-order chi connectivity index (χ1) is 11.8. The molecule has 2 N–H and O–H groups in total. The standard InChI is InChI=1S/C19H28N4O2/c1-14-22-15-8-5-6-9-16(15)23(14)13-12-20-17(24)10-7-11-21-18(25)19(2,3)4/h5-6,8-9H,7,10-13H2,1-4H3,(H,20,24)(H,21,25). The fourth-order valence-corrected chi connectivity index (χ4v) is 2.59. The Morgan fingerprint density at radius 1 is 1.12 bits per heavy atom. The summed E-state index contributed by atoms with van der Waals surface area (Å²) < 4.78 is 2.11. The van der Waals surface area contributed by atoms with Gasteiger partial charge < -0.3 is 15.2 Å². The molecule has 2 aromatic rings. The molecule has 6 nitrogen and oxygen atoms in total. The molecule has 0 atom stereocenters. The molecule has 0 saturated carbocycles. The summed E-state index contributed by atoms with van der Waals surface area (Å²) in [7, 11) is 0. The van der Waals surface area contributed by atoms with Crippen LogP contribution in [0, 0.1) is 12.3 Å². The highest BCUT2D eigenvalue weighted by Gasteiger charge is 2.20. The van der Waals surface area contributed by atoms with E-state index in [1.807, 2.05) is 52.0 Å². The van der Waals surface area contributed by atoms with Crippen LogP contribution in [0.5, 0.6) is 0 Å². The Bertz CT molecular complexity index is 743. The van der Waals surface area contributed by atoms with Gasteiger partial charge in [-0.15, -0.1) is 0 Å². The summed E-state index contributed by atoms with van der Waals surface area (Å²) >= 11 is 0. The Morgan fingerprint density at radius 3 is 2.56 bits per heavy atom. The molecule has 0 aliphatic heterocycles. The predicted molar refractivity (Wildman–Crippen MR) is 99.2 cm³/mol. The number of carbonyl (C=O) groups excluding carboxylic acids is 2. The summed E-state index contributed by atoms with van der Waals surface area (Å²) in [5.74, 6) is 0.961. The molecule has 1 aromatic carbocycles. The van der Waals surface area contributed by atoms with Crippen LogP contribution in [0.15, 0.2) is 24.3 Å². The molecule has 0 aliphatic rings. The Kier molecular flexibility index (Phi) is 6.17. The van der Waals surface area contributed by atoms with E-state index in [1.165, 1.54) is 0 Å². The van der Waals surface area contributed by atoms with Gasteiger partial charge in [-0.3, -0.25) is 9.59 Å². The SMILES string of the molecule is Cc1nc2ccccc2n1CCNC(=O)CCCNC(=O)C(C)(C)C. The molecule has 0 radical (unpaired) electrons. The summed E-state index contributed by atoms with van der Waals surface area (Å²) in [5.41, 5.74) is 1.66. The normalized spacial score (nSPS) is 11.5. The van der Waals surface area contributed by atoms with Crippen LogP contribution >= 0.6 is 0 Å². The van der Waals surface area contributed by atoms with E-state index in [0.717, 1.165) is 16.9 Å². The molecule has 0 bridgehead atoms. The van der Waals surface area contributed by atoms with Crippen LogP contribution in [0.3, 0.4) is 0 Å². The number of nitrogens with one attached hydrogen (secondary N) is 2. The van der Waals surface area contributed by atoms with Gasteiger partial charge >= 0.3 is 0 Å². The summed E-state index contributed by atoms with van der Waals surface area (Å²) in [4.78, 5) is 28.2. The van der Waals surface area contributed by atoms with E-state index in [4.69, 9.17) is 0 Å². The smallest absolute Gasteiger partial charge is 0.225 e. The van der Waals surface area contributed by atoms with E-state index >= 15 is 0 Å².